The third-order valence-corrected chi connectivity index (χ3v) is 2.59. The van der Waals surface area contributed by atoms with E-state index in [9.17, 15) is 4.79 Å². The van der Waals surface area contributed by atoms with Crippen LogP contribution >= 0.6 is 0 Å². The van der Waals surface area contributed by atoms with Crippen LogP contribution in [0.4, 0.5) is 0 Å². The lowest BCUT2D eigenvalue weighted by Crippen LogP contribution is -2.43. The molecule has 1 unspecified atom stereocenters. The first kappa shape index (κ1) is 7.73. The fourth-order valence-electron chi connectivity index (χ4n) is 1.29. The molecule has 1 N–H and O–H groups in total. The number of nitrogens with one attached hydrogen (secondary N) is 1. The Kier molecular flexibility index (Phi) is 2.09. The molecule has 0 spiro atoms. The summed E-state index contributed by atoms with van der Waals surface area (Å²) in [6, 6.07) is 0. The fraction of sp³-hybridized carbons (Fsp3) is 0.875. The van der Waals surface area contributed by atoms with E-state index in [0.717, 1.165) is 19.4 Å². The maximum atomic E-state index is 11.3. The van der Waals surface area contributed by atoms with Crippen molar-refractivity contribution in [1.29, 1.82) is 0 Å². The number of hydrogen-bond donors (Lipinski definition) is 1. The zero-order chi connectivity index (χ0) is 7.61. The minimum Gasteiger partial charge on any atom is -0.310 e. The maximum absolute atomic E-state index is 11.3. The van der Waals surface area contributed by atoms with Gasteiger partial charge in [0.25, 0.3) is 0 Å². The van der Waals surface area contributed by atoms with Crippen molar-refractivity contribution in [3.8, 4) is 0 Å². The Balaban J connectivity index is 2.63. The van der Waals surface area contributed by atoms with Gasteiger partial charge in [-0.25, -0.2) is 0 Å². The third-order valence-electron chi connectivity index (χ3n) is 2.59. The molecule has 1 aliphatic heterocycles. The average molecular weight is 141 g/mol. The Morgan fingerprint density at radius 3 is 2.80 bits per heavy atom. The van der Waals surface area contributed by atoms with Crippen molar-refractivity contribution < 1.29 is 4.79 Å². The van der Waals surface area contributed by atoms with Crippen LogP contribution in [0.25, 0.3) is 0 Å². The molecular weight excluding hydrogens is 126 g/mol. The van der Waals surface area contributed by atoms with E-state index in [4.69, 9.17) is 0 Å². The molecule has 0 saturated carbocycles. The zero-order valence-corrected chi connectivity index (χ0v) is 6.74. The Bertz CT molecular complexity index is 144. The Morgan fingerprint density at radius 1 is 1.70 bits per heavy atom. The van der Waals surface area contributed by atoms with Crippen molar-refractivity contribution in [3.63, 3.8) is 0 Å². The maximum Gasteiger partial charge on any atom is 0.152 e. The van der Waals surface area contributed by atoms with Crippen molar-refractivity contribution >= 4 is 5.78 Å². The number of carbonyl (C=O) groups excluding carboxylic acids is 1. The highest BCUT2D eigenvalue weighted by atomic mass is 16.1. The summed E-state index contributed by atoms with van der Waals surface area (Å²) in [5, 5.41) is 3.07. The second-order valence-corrected chi connectivity index (χ2v) is 3.26. The molecule has 0 aromatic heterocycles. The zero-order valence-electron chi connectivity index (χ0n) is 6.74. The van der Waals surface area contributed by atoms with Gasteiger partial charge in [0.2, 0.25) is 0 Å². The van der Waals surface area contributed by atoms with E-state index >= 15 is 0 Å². The van der Waals surface area contributed by atoms with E-state index in [-0.39, 0.29) is 5.41 Å². The second kappa shape index (κ2) is 2.70. The molecule has 2 heteroatoms. The van der Waals surface area contributed by atoms with Gasteiger partial charge in [0.15, 0.2) is 5.78 Å². The molecule has 58 valence electrons. The monoisotopic (exact) mass is 141 g/mol. The number of hydrogen-bond acceptors (Lipinski definition) is 2. The molecule has 1 rings (SSSR count). The predicted octanol–water partition coefficient (Wildman–Crippen LogP) is 0.965. The summed E-state index contributed by atoms with van der Waals surface area (Å²) < 4.78 is 0. The minimum atomic E-state index is -0.0226. The van der Waals surface area contributed by atoms with Crippen LogP contribution in [0.15, 0.2) is 0 Å². The SMILES string of the molecule is CCC1(C)CCNCC1=O. The van der Waals surface area contributed by atoms with Crippen LogP contribution in [-0.4, -0.2) is 18.9 Å². The molecule has 1 aliphatic rings. The molecule has 10 heavy (non-hydrogen) atoms. The Morgan fingerprint density at radius 2 is 2.40 bits per heavy atom. The highest BCUT2D eigenvalue weighted by molar-refractivity contribution is 5.86. The largest absolute Gasteiger partial charge is 0.310 e. The van der Waals surface area contributed by atoms with Crippen LogP contribution in [0.5, 0.6) is 0 Å². The highest BCUT2D eigenvalue weighted by Crippen LogP contribution is 2.27. The van der Waals surface area contributed by atoms with E-state index in [1.807, 2.05) is 0 Å². The van der Waals surface area contributed by atoms with Crippen LogP contribution in [0.2, 0.25) is 0 Å². The molecule has 0 amide bonds. The van der Waals surface area contributed by atoms with Crippen LogP contribution < -0.4 is 5.32 Å². The summed E-state index contributed by atoms with van der Waals surface area (Å²) in [7, 11) is 0. The summed E-state index contributed by atoms with van der Waals surface area (Å²) in [5.41, 5.74) is -0.0226. The summed E-state index contributed by atoms with van der Waals surface area (Å²) in [4.78, 5) is 11.3. The quantitative estimate of drug-likeness (QED) is 0.589. The van der Waals surface area contributed by atoms with Crippen molar-refractivity contribution in [2.45, 2.75) is 26.7 Å². The number of Topliss-reactive ketones (excluding diaryl/α,β-unsaturated/α-hetero) is 1. The smallest absolute Gasteiger partial charge is 0.152 e. The van der Waals surface area contributed by atoms with E-state index in [0.29, 0.717) is 12.3 Å². The molecular formula is C8H15NO. The Labute approximate surface area is 62.0 Å². The van der Waals surface area contributed by atoms with Gasteiger partial charge < -0.3 is 5.32 Å². The van der Waals surface area contributed by atoms with Gasteiger partial charge in [-0.15, -0.1) is 0 Å². The first-order chi connectivity index (χ1) is 4.69. The van der Waals surface area contributed by atoms with E-state index < -0.39 is 0 Å². The molecule has 0 aromatic carbocycles. The van der Waals surface area contributed by atoms with Gasteiger partial charge in [0.1, 0.15) is 0 Å². The molecule has 0 aromatic rings. The van der Waals surface area contributed by atoms with Crippen molar-refractivity contribution in [2.24, 2.45) is 5.41 Å². The second-order valence-electron chi connectivity index (χ2n) is 3.26. The van der Waals surface area contributed by atoms with Gasteiger partial charge >= 0.3 is 0 Å². The van der Waals surface area contributed by atoms with Gasteiger partial charge in [-0.05, 0) is 19.4 Å². The van der Waals surface area contributed by atoms with Gasteiger partial charge in [-0.1, -0.05) is 13.8 Å². The lowest BCUT2D eigenvalue weighted by Gasteiger charge is -2.31. The summed E-state index contributed by atoms with van der Waals surface area (Å²) in [6.07, 6.45) is 1.98. The predicted molar refractivity (Wildman–Crippen MR) is 40.9 cm³/mol. The summed E-state index contributed by atoms with van der Waals surface area (Å²) in [5.74, 6) is 0.376. The average Bonchev–Trinajstić information content (AvgIpc) is 1.96. The Hall–Kier alpha value is -0.370. The lowest BCUT2D eigenvalue weighted by atomic mass is 9.78. The first-order valence-corrected chi connectivity index (χ1v) is 3.93. The molecule has 1 heterocycles. The van der Waals surface area contributed by atoms with Gasteiger partial charge in [0, 0.05) is 5.41 Å². The summed E-state index contributed by atoms with van der Waals surface area (Å²) >= 11 is 0. The van der Waals surface area contributed by atoms with Crippen molar-refractivity contribution in [2.75, 3.05) is 13.1 Å². The van der Waals surface area contributed by atoms with Gasteiger partial charge in [-0.2, -0.15) is 0 Å². The topological polar surface area (TPSA) is 29.1 Å². The lowest BCUT2D eigenvalue weighted by molar-refractivity contribution is -0.129. The molecule has 1 saturated heterocycles. The van der Waals surface area contributed by atoms with Crippen molar-refractivity contribution in [3.05, 3.63) is 0 Å². The standard InChI is InChI=1S/C8H15NO/c1-3-8(2)4-5-9-6-7(8)10/h9H,3-6H2,1-2H3. The number of rotatable bonds is 1. The molecule has 0 aliphatic carbocycles. The van der Waals surface area contributed by atoms with Gasteiger partial charge in [-0.3, -0.25) is 4.79 Å². The van der Waals surface area contributed by atoms with Crippen LogP contribution in [0.1, 0.15) is 26.7 Å². The van der Waals surface area contributed by atoms with E-state index in [1.54, 1.807) is 0 Å². The first-order valence-electron chi connectivity index (χ1n) is 3.93. The van der Waals surface area contributed by atoms with Crippen molar-refractivity contribution in [1.82, 2.24) is 5.32 Å². The normalized spacial score (nSPS) is 34.4. The van der Waals surface area contributed by atoms with Crippen LogP contribution in [0.3, 0.4) is 0 Å². The molecule has 1 atom stereocenters. The molecule has 0 bridgehead atoms. The minimum absolute atomic E-state index is 0.0226. The number of ketones is 1. The highest BCUT2D eigenvalue weighted by Gasteiger charge is 2.32. The number of carbonyl (C=O) groups is 1. The molecule has 2 nitrogen and oxygen atoms in total. The molecule has 0 radical (unpaired) electrons. The van der Waals surface area contributed by atoms with Gasteiger partial charge in [0.05, 0.1) is 6.54 Å². The number of piperidine rings is 1. The van der Waals surface area contributed by atoms with Crippen LogP contribution in [0, 0.1) is 5.41 Å². The molecule has 1 fully saturated rings. The third kappa shape index (κ3) is 1.21. The fourth-order valence-corrected chi connectivity index (χ4v) is 1.29. The van der Waals surface area contributed by atoms with E-state index in [1.165, 1.54) is 0 Å². The summed E-state index contributed by atoms with van der Waals surface area (Å²) in [6.45, 7) is 5.72. The van der Waals surface area contributed by atoms with E-state index in [2.05, 4.69) is 19.2 Å². The van der Waals surface area contributed by atoms with Crippen LogP contribution in [-0.2, 0) is 4.79 Å².